The van der Waals surface area contributed by atoms with Gasteiger partial charge in [-0.3, -0.25) is 9.59 Å². The monoisotopic (exact) mass is 532 g/mol. The second-order valence-electron chi connectivity index (χ2n) is 9.96. The Balaban J connectivity index is 1.74. The number of amides is 2. The number of nitrogens with zero attached hydrogens (tertiary/aromatic N) is 1. The summed E-state index contributed by atoms with van der Waals surface area (Å²) in [7, 11) is 0. The quantitative estimate of drug-likeness (QED) is 0.471. The van der Waals surface area contributed by atoms with Gasteiger partial charge in [0, 0.05) is 18.2 Å². The molecule has 184 valence electrons. The molecular formula is C27H34BrFN2O3. The molecule has 0 radical (unpaired) electrons. The van der Waals surface area contributed by atoms with Crippen molar-refractivity contribution in [3.8, 4) is 5.75 Å². The average molecular weight is 533 g/mol. The Morgan fingerprint density at radius 3 is 2.47 bits per heavy atom. The molecular weight excluding hydrogens is 499 g/mol. The lowest BCUT2D eigenvalue weighted by atomic mass is 9.87. The van der Waals surface area contributed by atoms with Crippen molar-refractivity contribution < 1.29 is 18.7 Å². The predicted molar refractivity (Wildman–Crippen MR) is 135 cm³/mol. The van der Waals surface area contributed by atoms with Crippen molar-refractivity contribution in [2.24, 2.45) is 0 Å². The first-order valence-corrected chi connectivity index (χ1v) is 12.6. The van der Waals surface area contributed by atoms with Gasteiger partial charge in [-0.25, -0.2) is 4.39 Å². The molecule has 2 amide bonds. The highest BCUT2D eigenvalue weighted by molar-refractivity contribution is 9.10. The van der Waals surface area contributed by atoms with Gasteiger partial charge >= 0.3 is 0 Å². The summed E-state index contributed by atoms with van der Waals surface area (Å²) in [6.07, 6.45) is 4.07. The molecule has 1 aliphatic carbocycles. The van der Waals surface area contributed by atoms with Crippen LogP contribution in [0.1, 0.15) is 64.5 Å². The van der Waals surface area contributed by atoms with E-state index in [0.717, 1.165) is 35.7 Å². The topological polar surface area (TPSA) is 58.6 Å². The highest BCUT2D eigenvalue weighted by Crippen LogP contribution is 2.31. The normalized spacial score (nSPS) is 15.1. The van der Waals surface area contributed by atoms with Crippen molar-refractivity contribution in [3.05, 3.63) is 63.9 Å². The zero-order chi connectivity index (χ0) is 24.9. The predicted octanol–water partition coefficient (Wildman–Crippen LogP) is 5.74. The summed E-state index contributed by atoms with van der Waals surface area (Å²) in [5, 5.41) is 3.04. The first kappa shape index (κ1) is 26.2. The Labute approximate surface area is 210 Å². The van der Waals surface area contributed by atoms with E-state index < -0.39 is 11.9 Å². The summed E-state index contributed by atoms with van der Waals surface area (Å²) in [4.78, 5) is 27.6. The van der Waals surface area contributed by atoms with Crippen LogP contribution in [0.4, 0.5) is 4.39 Å². The molecule has 1 aliphatic rings. The summed E-state index contributed by atoms with van der Waals surface area (Å²) >= 11 is 3.53. The van der Waals surface area contributed by atoms with Gasteiger partial charge < -0.3 is 15.0 Å². The maximum atomic E-state index is 14.4. The van der Waals surface area contributed by atoms with Crippen LogP contribution in [0, 0.1) is 5.82 Å². The molecule has 1 atom stereocenters. The molecule has 1 N–H and O–H groups in total. The van der Waals surface area contributed by atoms with Gasteiger partial charge in [0.05, 0.1) is 4.47 Å². The van der Waals surface area contributed by atoms with Crippen LogP contribution in [-0.4, -0.2) is 35.4 Å². The average Bonchev–Trinajstić information content (AvgIpc) is 3.29. The van der Waals surface area contributed by atoms with Gasteiger partial charge in [0.1, 0.15) is 17.6 Å². The Bertz CT molecular complexity index is 1020. The number of halogens is 2. The first-order valence-electron chi connectivity index (χ1n) is 11.8. The highest BCUT2D eigenvalue weighted by atomic mass is 79.9. The fourth-order valence-corrected chi connectivity index (χ4v) is 4.58. The van der Waals surface area contributed by atoms with Crippen LogP contribution >= 0.6 is 15.9 Å². The number of carbonyl (C=O) groups excluding carboxylic acids is 2. The SMILES string of the molecule is C[C@H](C(=O)NC1CCCC1)N(Cc1ccccc1F)C(=O)COc1ccc(C(C)(C)C)cc1Br. The molecule has 0 aliphatic heterocycles. The summed E-state index contributed by atoms with van der Waals surface area (Å²) < 4.78 is 20.9. The molecule has 0 heterocycles. The standard InChI is InChI=1S/C27H34BrFN2O3/c1-18(26(33)30-21-10-6-7-11-21)31(16-19-9-5-8-12-23(19)29)25(32)17-34-24-14-13-20(15-22(24)28)27(2,3)4/h5,8-9,12-15,18,21H,6-7,10-11,16-17H2,1-4H3,(H,30,33)/t18-/m1/s1. The fourth-order valence-electron chi connectivity index (χ4n) is 4.09. The molecule has 2 aromatic rings. The van der Waals surface area contributed by atoms with Crippen molar-refractivity contribution >= 4 is 27.7 Å². The zero-order valence-corrected chi connectivity index (χ0v) is 22.0. The van der Waals surface area contributed by atoms with Crippen LogP contribution in [0.25, 0.3) is 0 Å². The lowest BCUT2D eigenvalue weighted by Gasteiger charge is -2.30. The molecule has 0 unspecified atom stereocenters. The molecule has 2 aromatic carbocycles. The minimum atomic E-state index is -0.761. The summed E-state index contributed by atoms with van der Waals surface area (Å²) in [5.74, 6) is -0.489. The van der Waals surface area contributed by atoms with Gasteiger partial charge in [-0.15, -0.1) is 0 Å². The van der Waals surface area contributed by atoms with E-state index in [4.69, 9.17) is 4.74 Å². The van der Waals surface area contributed by atoms with Crippen LogP contribution in [0.5, 0.6) is 5.75 Å². The molecule has 0 saturated heterocycles. The number of ether oxygens (including phenoxy) is 1. The minimum Gasteiger partial charge on any atom is -0.483 e. The van der Waals surface area contributed by atoms with E-state index in [1.54, 1.807) is 25.1 Å². The third-order valence-electron chi connectivity index (χ3n) is 6.32. The summed E-state index contributed by atoms with van der Waals surface area (Å²) in [5.41, 5.74) is 1.47. The third-order valence-corrected chi connectivity index (χ3v) is 6.94. The smallest absolute Gasteiger partial charge is 0.261 e. The Morgan fingerprint density at radius 1 is 1.18 bits per heavy atom. The number of benzene rings is 2. The summed E-state index contributed by atoms with van der Waals surface area (Å²) in [6, 6.07) is 11.4. The van der Waals surface area contributed by atoms with Gasteiger partial charge in [0.2, 0.25) is 5.91 Å². The lowest BCUT2D eigenvalue weighted by Crippen LogP contribution is -2.50. The van der Waals surface area contributed by atoms with E-state index in [0.29, 0.717) is 11.3 Å². The van der Waals surface area contributed by atoms with Crippen molar-refractivity contribution in [3.63, 3.8) is 0 Å². The Kier molecular flexibility index (Phi) is 8.74. The van der Waals surface area contributed by atoms with E-state index >= 15 is 0 Å². The number of nitrogens with one attached hydrogen (secondary N) is 1. The minimum absolute atomic E-state index is 0.0156. The molecule has 0 spiro atoms. The molecule has 1 saturated carbocycles. The van der Waals surface area contributed by atoms with Gasteiger partial charge in [0.25, 0.3) is 5.91 Å². The van der Waals surface area contributed by atoms with Gasteiger partial charge in [-0.1, -0.05) is 57.9 Å². The maximum absolute atomic E-state index is 14.4. The van der Waals surface area contributed by atoms with Crippen LogP contribution in [0.2, 0.25) is 0 Å². The number of hydrogen-bond acceptors (Lipinski definition) is 3. The van der Waals surface area contributed by atoms with Crippen molar-refractivity contribution in [2.45, 2.75) is 77.4 Å². The Morgan fingerprint density at radius 2 is 1.85 bits per heavy atom. The van der Waals surface area contributed by atoms with Gasteiger partial charge in [0.15, 0.2) is 6.61 Å². The van der Waals surface area contributed by atoms with Crippen molar-refractivity contribution in [1.82, 2.24) is 10.2 Å². The lowest BCUT2D eigenvalue weighted by molar-refractivity contribution is -0.142. The van der Waals surface area contributed by atoms with E-state index in [-0.39, 0.29) is 36.4 Å². The number of rotatable bonds is 8. The third kappa shape index (κ3) is 6.81. The largest absolute Gasteiger partial charge is 0.483 e. The molecule has 0 aromatic heterocycles. The fraction of sp³-hybridized carbons (Fsp3) is 0.481. The van der Waals surface area contributed by atoms with Crippen LogP contribution in [-0.2, 0) is 21.5 Å². The van der Waals surface area contributed by atoms with E-state index in [1.807, 2.05) is 18.2 Å². The highest BCUT2D eigenvalue weighted by Gasteiger charge is 2.29. The molecule has 34 heavy (non-hydrogen) atoms. The molecule has 0 bridgehead atoms. The van der Waals surface area contributed by atoms with Gasteiger partial charge in [-0.05, 0) is 64.9 Å². The van der Waals surface area contributed by atoms with E-state index in [1.165, 1.54) is 11.0 Å². The second kappa shape index (κ2) is 11.3. The van der Waals surface area contributed by atoms with E-state index in [9.17, 15) is 14.0 Å². The van der Waals surface area contributed by atoms with Crippen LogP contribution in [0.15, 0.2) is 46.9 Å². The molecule has 5 nitrogen and oxygen atoms in total. The van der Waals surface area contributed by atoms with E-state index in [2.05, 4.69) is 42.0 Å². The zero-order valence-electron chi connectivity index (χ0n) is 20.4. The van der Waals surface area contributed by atoms with Crippen molar-refractivity contribution in [1.29, 1.82) is 0 Å². The Hall–Kier alpha value is -2.41. The van der Waals surface area contributed by atoms with Gasteiger partial charge in [-0.2, -0.15) is 0 Å². The molecule has 3 rings (SSSR count). The summed E-state index contributed by atoms with van der Waals surface area (Å²) in [6.45, 7) is 7.77. The van der Waals surface area contributed by atoms with Crippen LogP contribution < -0.4 is 10.1 Å². The number of carbonyl (C=O) groups is 2. The molecule has 7 heteroatoms. The second-order valence-corrected chi connectivity index (χ2v) is 10.8. The maximum Gasteiger partial charge on any atom is 0.261 e. The number of hydrogen-bond donors (Lipinski definition) is 1. The molecule has 1 fully saturated rings. The first-order chi connectivity index (χ1) is 16.1. The van der Waals surface area contributed by atoms with Crippen molar-refractivity contribution in [2.75, 3.05) is 6.61 Å². The van der Waals surface area contributed by atoms with Crippen LogP contribution in [0.3, 0.4) is 0 Å².